The number of likely N-dealkylation sites (N-methyl/N-ethyl adjacent to an activating group) is 1. The lowest BCUT2D eigenvalue weighted by atomic mass is 10.2. The molecule has 1 aromatic heterocycles. The third-order valence-corrected chi connectivity index (χ3v) is 2.57. The van der Waals surface area contributed by atoms with Gasteiger partial charge < -0.3 is 10.6 Å². The molecular formula is C12H18N4. The van der Waals surface area contributed by atoms with Gasteiger partial charge in [-0.2, -0.15) is 5.10 Å². The van der Waals surface area contributed by atoms with Crippen LogP contribution in [0.25, 0.3) is 10.9 Å². The van der Waals surface area contributed by atoms with E-state index in [9.17, 15) is 0 Å². The van der Waals surface area contributed by atoms with E-state index in [2.05, 4.69) is 33.8 Å². The van der Waals surface area contributed by atoms with Gasteiger partial charge in [0.05, 0.1) is 11.2 Å². The first-order valence-electron chi connectivity index (χ1n) is 5.75. The Kier molecular flexibility index (Phi) is 3.91. The Morgan fingerprint density at radius 2 is 2.00 bits per heavy atom. The monoisotopic (exact) mass is 218 g/mol. The largest absolute Gasteiger partial charge is 0.316 e. The van der Waals surface area contributed by atoms with E-state index in [0.717, 1.165) is 37.4 Å². The molecule has 0 aliphatic carbocycles. The SMILES string of the molecule is CCNCCNCc1[nH]nc2ccccc12. The van der Waals surface area contributed by atoms with E-state index in [1.54, 1.807) is 0 Å². The molecule has 4 nitrogen and oxygen atoms in total. The highest BCUT2D eigenvalue weighted by molar-refractivity contribution is 5.80. The number of hydrogen-bond donors (Lipinski definition) is 3. The minimum Gasteiger partial charge on any atom is -0.316 e. The zero-order chi connectivity index (χ0) is 11.2. The first-order chi connectivity index (χ1) is 7.92. The Morgan fingerprint density at radius 1 is 1.19 bits per heavy atom. The second kappa shape index (κ2) is 5.63. The van der Waals surface area contributed by atoms with Crippen molar-refractivity contribution in [3.8, 4) is 0 Å². The molecule has 16 heavy (non-hydrogen) atoms. The molecule has 2 aromatic rings. The van der Waals surface area contributed by atoms with Gasteiger partial charge in [-0.3, -0.25) is 5.10 Å². The van der Waals surface area contributed by atoms with Crippen LogP contribution in [0.1, 0.15) is 12.6 Å². The molecule has 0 radical (unpaired) electrons. The number of nitrogens with zero attached hydrogens (tertiary/aromatic N) is 1. The van der Waals surface area contributed by atoms with Gasteiger partial charge in [-0.1, -0.05) is 25.1 Å². The topological polar surface area (TPSA) is 52.7 Å². The average molecular weight is 218 g/mol. The number of aromatic amines is 1. The van der Waals surface area contributed by atoms with Gasteiger partial charge in [0.1, 0.15) is 0 Å². The Hall–Kier alpha value is -1.39. The molecule has 1 aromatic carbocycles. The lowest BCUT2D eigenvalue weighted by Gasteiger charge is -2.03. The van der Waals surface area contributed by atoms with Crippen LogP contribution in [0.2, 0.25) is 0 Å². The van der Waals surface area contributed by atoms with Crippen molar-refractivity contribution in [2.75, 3.05) is 19.6 Å². The molecular weight excluding hydrogens is 200 g/mol. The van der Waals surface area contributed by atoms with Gasteiger partial charge in [0.15, 0.2) is 0 Å². The van der Waals surface area contributed by atoms with Crippen molar-refractivity contribution in [1.82, 2.24) is 20.8 Å². The molecule has 0 saturated heterocycles. The van der Waals surface area contributed by atoms with Crippen molar-refractivity contribution < 1.29 is 0 Å². The van der Waals surface area contributed by atoms with Gasteiger partial charge in [0.2, 0.25) is 0 Å². The minimum atomic E-state index is 0.839. The average Bonchev–Trinajstić information content (AvgIpc) is 2.73. The molecule has 0 aliphatic heterocycles. The van der Waals surface area contributed by atoms with Crippen molar-refractivity contribution in [3.63, 3.8) is 0 Å². The molecule has 2 rings (SSSR count). The lowest BCUT2D eigenvalue weighted by Crippen LogP contribution is -2.26. The molecule has 0 unspecified atom stereocenters. The van der Waals surface area contributed by atoms with Crippen LogP contribution in [-0.2, 0) is 6.54 Å². The summed E-state index contributed by atoms with van der Waals surface area (Å²) in [5, 5.41) is 15.2. The fraction of sp³-hybridized carbons (Fsp3) is 0.417. The Balaban J connectivity index is 1.89. The first kappa shape index (κ1) is 11.1. The van der Waals surface area contributed by atoms with E-state index in [4.69, 9.17) is 0 Å². The van der Waals surface area contributed by atoms with Crippen molar-refractivity contribution >= 4 is 10.9 Å². The van der Waals surface area contributed by atoms with Crippen LogP contribution >= 0.6 is 0 Å². The summed E-state index contributed by atoms with van der Waals surface area (Å²) in [4.78, 5) is 0. The molecule has 0 fully saturated rings. The highest BCUT2D eigenvalue weighted by Gasteiger charge is 2.02. The number of aromatic nitrogens is 2. The van der Waals surface area contributed by atoms with E-state index >= 15 is 0 Å². The van der Waals surface area contributed by atoms with Crippen LogP contribution in [0.5, 0.6) is 0 Å². The van der Waals surface area contributed by atoms with Gasteiger partial charge in [-0.05, 0) is 12.6 Å². The maximum absolute atomic E-state index is 4.25. The first-order valence-corrected chi connectivity index (χ1v) is 5.75. The standard InChI is InChI=1S/C12H18N4/c1-2-13-7-8-14-9-12-10-5-3-4-6-11(10)15-16-12/h3-6,13-14H,2,7-9H2,1H3,(H,15,16). The number of benzene rings is 1. The van der Waals surface area contributed by atoms with Crippen molar-refractivity contribution in [2.24, 2.45) is 0 Å². The van der Waals surface area contributed by atoms with Crippen LogP contribution < -0.4 is 10.6 Å². The second-order valence-corrected chi connectivity index (χ2v) is 3.75. The van der Waals surface area contributed by atoms with Gasteiger partial charge in [-0.15, -0.1) is 0 Å². The van der Waals surface area contributed by atoms with Gasteiger partial charge in [0, 0.05) is 25.0 Å². The summed E-state index contributed by atoms with van der Waals surface area (Å²) in [5.74, 6) is 0. The quantitative estimate of drug-likeness (QED) is 0.640. The molecule has 4 heteroatoms. The summed E-state index contributed by atoms with van der Waals surface area (Å²) in [7, 11) is 0. The summed E-state index contributed by atoms with van der Waals surface area (Å²) in [6.45, 7) is 5.95. The zero-order valence-corrected chi connectivity index (χ0v) is 9.59. The summed E-state index contributed by atoms with van der Waals surface area (Å²) >= 11 is 0. The lowest BCUT2D eigenvalue weighted by molar-refractivity contribution is 0.619. The van der Waals surface area contributed by atoms with Crippen LogP contribution in [0.4, 0.5) is 0 Å². The zero-order valence-electron chi connectivity index (χ0n) is 9.59. The molecule has 0 spiro atoms. The molecule has 86 valence electrons. The Morgan fingerprint density at radius 3 is 2.88 bits per heavy atom. The van der Waals surface area contributed by atoms with E-state index < -0.39 is 0 Å². The smallest absolute Gasteiger partial charge is 0.0924 e. The van der Waals surface area contributed by atoms with Gasteiger partial charge >= 0.3 is 0 Å². The molecule has 1 heterocycles. The van der Waals surface area contributed by atoms with Crippen LogP contribution in [0.15, 0.2) is 24.3 Å². The van der Waals surface area contributed by atoms with Crippen molar-refractivity contribution in [1.29, 1.82) is 0 Å². The second-order valence-electron chi connectivity index (χ2n) is 3.75. The molecule has 3 N–H and O–H groups in total. The molecule has 0 aliphatic rings. The number of rotatable bonds is 6. The van der Waals surface area contributed by atoms with Crippen molar-refractivity contribution in [2.45, 2.75) is 13.5 Å². The summed E-state index contributed by atoms with van der Waals surface area (Å²) in [6.07, 6.45) is 0. The van der Waals surface area contributed by atoms with E-state index in [-0.39, 0.29) is 0 Å². The normalized spacial score (nSPS) is 11.1. The summed E-state index contributed by atoms with van der Waals surface area (Å²) in [6, 6.07) is 8.17. The van der Waals surface area contributed by atoms with Crippen molar-refractivity contribution in [3.05, 3.63) is 30.0 Å². The molecule has 0 amide bonds. The maximum Gasteiger partial charge on any atom is 0.0924 e. The Labute approximate surface area is 95.4 Å². The molecule has 0 bridgehead atoms. The highest BCUT2D eigenvalue weighted by Crippen LogP contribution is 2.14. The number of para-hydroxylation sites is 1. The maximum atomic E-state index is 4.25. The summed E-state index contributed by atoms with van der Waals surface area (Å²) < 4.78 is 0. The predicted octanol–water partition coefficient (Wildman–Crippen LogP) is 1.26. The minimum absolute atomic E-state index is 0.839. The third-order valence-electron chi connectivity index (χ3n) is 2.57. The Bertz CT molecular complexity index is 435. The van der Waals surface area contributed by atoms with Crippen LogP contribution in [0, 0.1) is 0 Å². The number of fused-ring (bicyclic) bond motifs is 1. The predicted molar refractivity (Wildman–Crippen MR) is 66.3 cm³/mol. The highest BCUT2D eigenvalue weighted by atomic mass is 15.1. The number of hydrogen-bond acceptors (Lipinski definition) is 3. The van der Waals surface area contributed by atoms with E-state index in [1.165, 1.54) is 5.39 Å². The van der Waals surface area contributed by atoms with Crippen LogP contribution in [-0.4, -0.2) is 29.8 Å². The fourth-order valence-electron chi connectivity index (χ4n) is 1.72. The summed E-state index contributed by atoms with van der Waals surface area (Å²) in [5.41, 5.74) is 2.19. The fourth-order valence-corrected chi connectivity index (χ4v) is 1.72. The van der Waals surface area contributed by atoms with Gasteiger partial charge in [-0.25, -0.2) is 0 Å². The van der Waals surface area contributed by atoms with E-state index in [0.29, 0.717) is 0 Å². The van der Waals surface area contributed by atoms with Gasteiger partial charge in [0.25, 0.3) is 0 Å². The van der Waals surface area contributed by atoms with E-state index in [1.807, 2.05) is 18.2 Å². The molecule has 0 saturated carbocycles. The third kappa shape index (κ3) is 2.59. The van der Waals surface area contributed by atoms with Crippen LogP contribution in [0.3, 0.4) is 0 Å². The number of nitrogens with one attached hydrogen (secondary N) is 3. The molecule has 0 atom stereocenters. The number of H-pyrrole nitrogens is 1.